The molecule has 7 heteroatoms. The Morgan fingerprint density at radius 2 is 1.75 bits per heavy atom. The number of benzene rings is 2. The molecule has 0 aromatic heterocycles. The first kappa shape index (κ1) is 18.3. The summed E-state index contributed by atoms with van der Waals surface area (Å²) in [6.45, 7) is 1.78. The highest BCUT2D eigenvalue weighted by molar-refractivity contribution is 7.80. The number of rotatable bonds is 3. The summed E-state index contributed by atoms with van der Waals surface area (Å²) in [5, 5.41) is 8.96. The van der Waals surface area contributed by atoms with Gasteiger partial charge in [-0.05, 0) is 24.6 Å². The lowest BCUT2D eigenvalue weighted by Crippen LogP contribution is -2.47. The van der Waals surface area contributed by atoms with E-state index in [1.54, 1.807) is 6.92 Å². The van der Waals surface area contributed by atoms with Crippen LogP contribution in [0.25, 0.3) is 0 Å². The lowest BCUT2D eigenvalue weighted by atomic mass is 9.68. The molecular weight excluding hydrogens is 374 g/mol. The first-order chi connectivity index (χ1) is 13.5. The number of anilines is 1. The van der Waals surface area contributed by atoms with Crippen LogP contribution >= 0.6 is 12.2 Å². The molecule has 3 atom stereocenters. The van der Waals surface area contributed by atoms with Gasteiger partial charge < -0.3 is 10.1 Å². The van der Waals surface area contributed by atoms with E-state index in [1.165, 1.54) is 12.1 Å². The van der Waals surface area contributed by atoms with Crippen molar-refractivity contribution in [2.45, 2.75) is 18.9 Å². The number of thiocarbonyl (C=S) groups is 1. The summed E-state index contributed by atoms with van der Waals surface area (Å²) in [4.78, 5) is 26.6. The predicted molar refractivity (Wildman–Crippen MR) is 110 cm³/mol. The van der Waals surface area contributed by atoms with Gasteiger partial charge in [0.25, 0.3) is 5.91 Å². The molecule has 2 aliphatic heterocycles. The number of esters is 1. The highest BCUT2D eigenvalue weighted by atomic mass is 32.1. The van der Waals surface area contributed by atoms with Crippen LogP contribution in [-0.4, -0.2) is 35.7 Å². The van der Waals surface area contributed by atoms with Crippen LogP contribution in [0.3, 0.4) is 0 Å². The van der Waals surface area contributed by atoms with E-state index >= 15 is 0 Å². The van der Waals surface area contributed by atoms with E-state index in [-0.39, 0.29) is 5.91 Å². The van der Waals surface area contributed by atoms with Gasteiger partial charge in [-0.25, -0.2) is 4.79 Å². The summed E-state index contributed by atoms with van der Waals surface area (Å²) < 4.78 is 4.99. The summed E-state index contributed by atoms with van der Waals surface area (Å²) in [7, 11) is 1.33. The first-order valence-corrected chi connectivity index (χ1v) is 9.31. The van der Waals surface area contributed by atoms with E-state index in [0.717, 1.165) is 5.56 Å². The van der Waals surface area contributed by atoms with Crippen LogP contribution in [0.5, 0.6) is 0 Å². The van der Waals surface area contributed by atoms with Gasteiger partial charge in [0, 0.05) is 5.92 Å². The number of amides is 1. The van der Waals surface area contributed by atoms with Gasteiger partial charge in [0.2, 0.25) is 0 Å². The molecule has 0 radical (unpaired) electrons. The number of methoxy groups -OCH3 is 1. The monoisotopic (exact) mass is 393 g/mol. The van der Waals surface area contributed by atoms with E-state index in [4.69, 9.17) is 17.0 Å². The molecule has 2 aromatic carbocycles. The third-order valence-electron chi connectivity index (χ3n) is 5.41. The minimum Gasteiger partial charge on any atom is -0.467 e. The molecule has 6 nitrogen and oxygen atoms in total. The second kappa shape index (κ2) is 6.83. The maximum absolute atomic E-state index is 13.7. The molecule has 0 bridgehead atoms. The summed E-state index contributed by atoms with van der Waals surface area (Å²) >= 11 is 5.62. The molecule has 1 N–H and O–H groups in total. The Balaban J connectivity index is 1.88. The normalized spacial score (nSPS) is 26.4. The van der Waals surface area contributed by atoms with E-state index < -0.39 is 23.3 Å². The fraction of sp³-hybridized carbons (Fsp3) is 0.238. The second-order valence-electron chi connectivity index (χ2n) is 6.81. The Morgan fingerprint density at radius 1 is 1.14 bits per heavy atom. The maximum Gasteiger partial charge on any atom is 0.329 e. The molecule has 0 aliphatic carbocycles. The number of hydrogen-bond acceptors (Lipinski definition) is 5. The van der Waals surface area contributed by atoms with Crippen LogP contribution in [0, 0.1) is 5.41 Å². The molecule has 142 valence electrons. The van der Waals surface area contributed by atoms with E-state index in [0.29, 0.717) is 16.4 Å². The molecule has 1 amide bonds. The Labute approximate surface area is 168 Å². The first-order valence-electron chi connectivity index (χ1n) is 8.90. The molecule has 1 fully saturated rings. The van der Waals surface area contributed by atoms with Gasteiger partial charge in [-0.15, -0.1) is 0 Å². The molecule has 2 heterocycles. The zero-order valence-corrected chi connectivity index (χ0v) is 16.3. The van der Waals surface area contributed by atoms with Gasteiger partial charge >= 0.3 is 5.97 Å². The lowest BCUT2D eigenvalue weighted by Gasteiger charge is -2.30. The third kappa shape index (κ3) is 2.46. The summed E-state index contributed by atoms with van der Waals surface area (Å²) in [5.41, 5.74) is 0.799. The number of nitrogens with one attached hydrogen (secondary N) is 1. The molecule has 4 rings (SSSR count). The largest absolute Gasteiger partial charge is 0.467 e. The van der Waals surface area contributed by atoms with Crippen LogP contribution in [0.15, 0.2) is 65.8 Å². The van der Waals surface area contributed by atoms with Gasteiger partial charge in [0.15, 0.2) is 5.41 Å². The van der Waals surface area contributed by atoms with Crippen molar-refractivity contribution in [1.82, 2.24) is 5.32 Å². The Hall–Kier alpha value is -3.06. The molecule has 0 saturated carbocycles. The van der Waals surface area contributed by atoms with Gasteiger partial charge in [0.05, 0.1) is 23.5 Å². The SMILES string of the molecule is COC(=O)[C@H]1NC(=S)[C@]2(C(=O)N(c3ccccc3)N=C2C)[C@H]1c1ccccc1. The van der Waals surface area contributed by atoms with Crippen molar-refractivity contribution in [3.8, 4) is 0 Å². The lowest BCUT2D eigenvalue weighted by molar-refractivity contribution is -0.143. The van der Waals surface area contributed by atoms with Crippen molar-refractivity contribution in [3.63, 3.8) is 0 Å². The van der Waals surface area contributed by atoms with Crippen molar-refractivity contribution < 1.29 is 14.3 Å². The average molecular weight is 393 g/mol. The van der Waals surface area contributed by atoms with E-state index in [9.17, 15) is 9.59 Å². The molecule has 1 saturated heterocycles. The molecular formula is C21H19N3O3S. The van der Waals surface area contributed by atoms with Gasteiger partial charge in [0.1, 0.15) is 6.04 Å². The number of ether oxygens (including phenoxy) is 1. The van der Waals surface area contributed by atoms with Crippen LogP contribution < -0.4 is 10.3 Å². The van der Waals surface area contributed by atoms with Gasteiger partial charge in [-0.2, -0.15) is 10.1 Å². The number of nitrogens with zero attached hydrogens (tertiary/aromatic N) is 2. The fourth-order valence-electron chi connectivity index (χ4n) is 4.11. The maximum atomic E-state index is 13.7. The molecule has 1 spiro atoms. The molecule has 2 aliphatic rings. The second-order valence-corrected chi connectivity index (χ2v) is 7.22. The Bertz CT molecular complexity index is 977. The summed E-state index contributed by atoms with van der Waals surface area (Å²) in [6, 6.07) is 17.8. The van der Waals surface area contributed by atoms with E-state index in [1.807, 2.05) is 60.7 Å². The van der Waals surface area contributed by atoms with Crippen LogP contribution in [0.4, 0.5) is 5.69 Å². The zero-order valence-electron chi connectivity index (χ0n) is 15.5. The highest BCUT2D eigenvalue weighted by Gasteiger charge is 2.66. The topological polar surface area (TPSA) is 71.0 Å². The van der Waals surface area contributed by atoms with E-state index in [2.05, 4.69) is 10.4 Å². The van der Waals surface area contributed by atoms with Crippen LogP contribution in [0.2, 0.25) is 0 Å². The third-order valence-corrected chi connectivity index (χ3v) is 5.85. The highest BCUT2D eigenvalue weighted by Crippen LogP contribution is 2.50. The van der Waals surface area contributed by atoms with Crippen LogP contribution in [0.1, 0.15) is 18.4 Å². The van der Waals surface area contributed by atoms with Gasteiger partial charge in [-0.1, -0.05) is 60.7 Å². The van der Waals surface area contributed by atoms with Crippen molar-refractivity contribution in [2.24, 2.45) is 10.5 Å². The number of carbonyl (C=O) groups is 2. The summed E-state index contributed by atoms with van der Waals surface area (Å²) in [6.07, 6.45) is 0. The smallest absolute Gasteiger partial charge is 0.329 e. The zero-order chi connectivity index (χ0) is 19.9. The molecule has 0 unspecified atom stereocenters. The minimum absolute atomic E-state index is 0.269. The quantitative estimate of drug-likeness (QED) is 0.641. The molecule has 2 aromatic rings. The minimum atomic E-state index is -1.23. The summed E-state index contributed by atoms with van der Waals surface area (Å²) in [5.74, 6) is -1.29. The number of hydrazone groups is 1. The predicted octanol–water partition coefficient (Wildman–Crippen LogP) is 2.65. The average Bonchev–Trinajstić information content (AvgIpc) is 3.19. The molecule has 28 heavy (non-hydrogen) atoms. The standard InChI is InChI=1S/C21H19N3O3S/c1-13-21(20(26)24(23-13)15-11-7-4-8-12-15)16(14-9-5-3-6-10-14)17(18(25)27-2)22-19(21)28/h3-12,16-17H,1-2H3,(H,22,28)/t16-,17-,21+/m0/s1. The van der Waals surface area contributed by atoms with Crippen molar-refractivity contribution in [3.05, 3.63) is 66.2 Å². The number of carbonyl (C=O) groups excluding carboxylic acids is 2. The number of hydrogen-bond donors (Lipinski definition) is 1. The van der Waals surface area contributed by atoms with Crippen molar-refractivity contribution >= 4 is 40.5 Å². The van der Waals surface area contributed by atoms with Crippen molar-refractivity contribution in [2.75, 3.05) is 12.1 Å². The fourth-order valence-corrected chi connectivity index (χ4v) is 4.60. The van der Waals surface area contributed by atoms with Crippen molar-refractivity contribution in [1.29, 1.82) is 0 Å². The van der Waals surface area contributed by atoms with Crippen LogP contribution in [-0.2, 0) is 14.3 Å². The Kier molecular flexibility index (Phi) is 4.47. The number of para-hydroxylation sites is 1. The van der Waals surface area contributed by atoms with Gasteiger partial charge in [-0.3, -0.25) is 4.79 Å². The Morgan fingerprint density at radius 3 is 2.36 bits per heavy atom.